The van der Waals surface area contributed by atoms with Crippen LogP contribution in [0.2, 0.25) is 0 Å². The number of hydrogen-bond acceptors (Lipinski definition) is 3. The summed E-state index contributed by atoms with van der Waals surface area (Å²) >= 11 is 0. The molecule has 0 fully saturated rings. The lowest BCUT2D eigenvalue weighted by molar-refractivity contribution is -0.137. The number of nitrogens with one attached hydrogen (secondary N) is 2. The van der Waals surface area contributed by atoms with Gasteiger partial charge in [-0.1, -0.05) is 18.2 Å². The molecule has 0 bridgehead atoms. The highest BCUT2D eigenvalue weighted by Gasteiger charge is 2.33. The van der Waals surface area contributed by atoms with Gasteiger partial charge in [0.1, 0.15) is 0 Å². The lowest BCUT2D eigenvalue weighted by Gasteiger charge is -2.24. The zero-order valence-electron chi connectivity index (χ0n) is 12.2. The number of amides is 2. The lowest BCUT2D eigenvalue weighted by Crippen LogP contribution is -2.30. The molecule has 0 radical (unpaired) electrons. The number of benzene rings is 1. The summed E-state index contributed by atoms with van der Waals surface area (Å²) in [6.45, 7) is 0. The zero-order chi connectivity index (χ0) is 17.3. The minimum absolute atomic E-state index is 0.0710. The number of anilines is 2. The molecule has 1 aromatic heterocycles. The summed E-state index contributed by atoms with van der Waals surface area (Å²) < 4.78 is 38.1. The van der Waals surface area contributed by atoms with Gasteiger partial charge in [-0.15, -0.1) is 0 Å². The van der Waals surface area contributed by atoms with Crippen LogP contribution in [0.15, 0.2) is 42.7 Å². The highest BCUT2D eigenvalue weighted by atomic mass is 19.4. The van der Waals surface area contributed by atoms with Gasteiger partial charge in [-0.3, -0.25) is 14.6 Å². The summed E-state index contributed by atoms with van der Waals surface area (Å²) in [5.41, 5.74) is 0.117. The Morgan fingerprint density at radius 3 is 2.75 bits per heavy atom. The predicted molar refractivity (Wildman–Crippen MR) is 80.3 cm³/mol. The number of aromatic nitrogens is 1. The summed E-state index contributed by atoms with van der Waals surface area (Å²) in [4.78, 5) is 27.7. The predicted octanol–water partition coefficient (Wildman–Crippen LogP) is 3.16. The van der Waals surface area contributed by atoms with E-state index in [-0.39, 0.29) is 18.0 Å². The number of pyridine rings is 1. The van der Waals surface area contributed by atoms with E-state index in [0.717, 1.165) is 12.3 Å². The van der Waals surface area contributed by atoms with Crippen LogP contribution >= 0.6 is 0 Å². The van der Waals surface area contributed by atoms with Crippen molar-refractivity contribution < 1.29 is 22.8 Å². The average molecular weight is 335 g/mol. The van der Waals surface area contributed by atoms with Gasteiger partial charge >= 0.3 is 6.18 Å². The molecule has 0 spiro atoms. The maximum atomic E-state index is 12.7. The second-order valence-corrected chi connectivity index (χ2v) is 5.34. The Hall–Kier alpha value is -2.90. The Morgan fingerprint density at radius 1 is 1.25 bits per heavy atom. The van der Waals surface area contributed by atoms with Crippen LogP contribution < -0.4 is 10.6 Å². The van der Waals surface area contributed by atoms with Gasteiger partial charge < -0.3 is 10.6 Å². The minimum atomic E-state index is -4.55. The second kappa shape index (κ2) is 5.95. The molecule has 8 heteroatoms. The number of halogens is 3. The Labute approximate surface area is 134 Å². The van der Waals surface area contributed by atoms with Gasteiger partial charge in [0.15, 0.2) is 0 Å². The van der Waals surface area contributed by atoms with Crippen LogP contribution in [-0.4, -0.2) is 16.8 Å². The van der Waals surface area contributed by atoms with Gasteiger partial charge in [0.05, 0.1) is 23.4 Å². The smallest absolute Gasteiger partial charge is 0.326 e. The van der Waals surface area contributed by atoms with Crippen LogP contribution in [0.25, 0.3) is 0 Å². The van der Waals surface area contributed by atoms with Crippen LogP contribution in [0.3, 0.4) is 0 Å². The van der Waals surface area contributed by atoms with Crippen molar-refractivity contribution in [1.82, 2.24) is 4.98 Å². The van der Waals surface area contributed by atoms with E-state index in [9.17, 15) is 22.8 Å². The molecular weight excluding hydrogens is 323 g/mol. The molecule has 0 aliphatic carbocycles. The number of rotatable bonds is 2. The van der Waals surface area contributed by atoms with Gasteiger partial charge in [0.25, 0.3) is 0 Å². The van der Waals surface area contributed by atoms with Crippen LogP contribution in [0.5, 0.6) is 0 Å². The third-order valence-electron chi connectivity index (χ3n) is 3.65. The largest absolute Gasteiger partial charge is 0.417 e. The number of carbonyl (C=O) groups is 2. The van der Waals surface area contributed by atoms with E-state index in [0.29, 0.717) is 17.4 Å². The molecule has 5 nitrogen and oxygen atoms in total. The molecule has 2 heterocycles. The summed E-state index contributed by atoms with van der Waals surface area (Å²) in [5, 5.41) is 5.06. The van der Waals surface area contributed by atoms with Crippen molar-refractivity contribution >= 4 is 23.2 Å². The standard InChI is InChI=1S/C16H12F3N3O2/c17-16(18,19)9-5-10(8-20-7-9)21-15(24)12-6-14(23)22-13-4-2-1-3-11(12)13/h1-5,7-8,12H,6H2,(H,21,24)(H,22,23). The molecule has 24 heavy (non-hydrogen) atoms. The first-order valence-electron chi connectivity index (χ1n) is 7.06. The monoisotopic (exact) mass is 335 g/mol. The summed E-state index contributed by atoms with van der Waals surface area (Å²) in [6.07, 6.45) is -2.82. The van der Waals surface area contributed by atoms with Crippen molar-refractivity contribution in [1.29, 1.82) is 0 Å². The molecule has 1 aliphatic rings. The van der Waals surface area contributed by atoms with Gasteiger partial charge in [-0.25, -0.2) is 0 Å². The van der Waals surface area contributed by atoms with Crippen LogP contribution in [0, 0.1) is 0 Å². The van der Waals surface area contributed by atoms with Gasteiger partial charge in [-0.05, 0) is 17.7 Å². The third kappa shape index (κ3) is 3.22. The first-order valence-corrected chi connectivity index (χ1v) is 7.06. The first kappa shape index (κ1) is 16.0. The fourth-order valence-electron chi connectivity index (χ4n) is 2.54. The number of para-hydroxylation sites is 1. The molecule has 0 saturated carbocycles. The van der Waals surface area contributed by atoms with Crippen molar-refractivity contribution in [2.45, 2.75) is 18.5 Å². The fraction of sp³-hybridized carbons (Fsp3) is 0.188. The normalized spacial score (nSPS) is 17.0. The quantitative estimate of drug-likeness (QED) is 0.885. The number of hydrogen-bond donors (Lipinski definition) is 2. The maximum absolute atomic E-state index is 12.7. The van der Waals surface area contributed by atoms with Gasteiger partial charge in [-0.2, -0.15) is 13.2 Å². The molecule has 2 aromatic rings. The van der Waals surface area contributed by atoms with Crippen molar-refractivity contribution in [3.05, 3.63) is 53.9 Å². The molecule has 1 atom stereocenters. The lowest BCUT2D eigenvalue weighted by atomic mass is 9.90. The number of alkyl halides is 3. The van der Waals surface area contributed by atoms with Crippen molar-refractivity contribution in [3.8, 4) is 0 Å². The Bertz CT molecular complexity index is 805. The first-order chi connectivity index (χ1) is 11.3. The zero-order valence-corrected chi connectivity index (χ0v) is 12.2. The van der Waals surface area contributed by atoms with Gasteiger partial charge in [0, 0.05) is 18.3 Å². The summed E-state index contributed by atoms with van der Waals surface area (Å²) in [7, 11) is 0. The Balaban J connectivity index is 1.85. The molecule has 1 unspecified atom stereocenters. The van der Waals surface area contributed by atoms with E-state index in [1.54, 1.807) is 24.3 Å². The number of fused-ring (bicyclic) bond motifs is 1. The highest BCUT2D eigenvalue weighted by molar-refractivity contribution is 6.05. The van der Waals surface area contributed by atoms with E-state index < -0.39 is 23.6 Å². The van der Waals surface area contributed by atoms with E-state index >= 15 is 0 Å². The van der Waals surface area contributed by atoms with E-state index in [4.69, 9.17) is 0 Å². The molecule has 1 aromatic carbocycles. The van der Waals surface area contributed by atoms with Gasteiger partial charge in [0.2, 0.25) is 11.8 Å². The van der Waals surface area contributed by atoms with E-state index in [2.05, 4.69) is 15.6 Å². The fourth-order valence-corrected chi connectivity index (χ4v) is 2.54. The number of nitrogens with zero attached hydrogens (tertiary/aromatic N) is 1. The van der Waals surface area contributed by atoms with Crippen molar-refractivity contribution in [3.63, 3.8) is 0 Å². The highest BCUT2D eigenvalue weighted by Crippen LogP contribution is 2.34. The topological polar surface area (TPSA) is 71.1 Å². The second-order valence-electron chi connectivity index (χ2n) is 5.34. The van der Waals surface area contributed by atoms with Crippen LogP contribution in [0.4, 0.5) is 24.5 Å². The SMILES string of the molecule is O=C1CC(C(=O)Nc2cncc(C(F)(F)F)c2)c2ccccc2N1. The average Bonchev–Trinajstić information content (AvgIpc) is 2.53. The Morgan fingerprint density at radius 2 is 2.00 bits per heavy atom. The number of carbonyl (C=O) groups excluding carboxylic acids is 2. The Kier molecular flexibility index (Phi) is 3.96. The molecule has 2 N–H and O–H groups in total. The summed E-state index contributed by atoms with van der Waals surface area (Å²) in [5.74, 6) is -1.65. The molecule has 2 amide bonds. The molecular formula is C16H12F3N3O2. The third-order valence-corrected chi connectivity index (χ3v) is 3.65. The van der Waals surface area contributed by atoms with Crippen molar-refractivity contribution in [2.24, 2.45) is 0 Å². The minimum Gasteiger partial charge on any atom is -0.326 e. The van der Waals surface area contributed by atoms with Crippen molar-refractivity contribution in [2.75, 3.05) is 10.6 Å². The van der Waals surface area contributed by atoms with Crippen LogP contribution in [-0.2, 0) is 15.8 Å². The molecule has 1 aliphatic heterocycles. The summed E-state index contributed by atoms with van der Waals surface area (Å²) in [6, 6.07) is 7.61. The molecule has 124 valence electrons. The maximum Gasteiger partial charge on any atom is 0.417 e. The van der Waals surface area contributed by atoms with E-state index in [1.807, 2.05) is 0 Å². The molecule has 3 rings (SSSR count). The van der Waals surface area contributed by atoms with E-state index in [1.165, 1.54) is 0 Å². The van der Waals surface area contributed by atoms with Crippen LogP contribution in [0.1, 0.15) is 23.5 Å². The molecule has 0 saturated heterocycles.